The molecule has 0 saturated carbocycles. The van der Waals surface area contributed by atoms with Crippen LogP contribution in [0.3, 0.4) is 0 Å². The first-order chi connectivity index (χ1) is 16.0. The zero-order chi connectivity index (χ0) is 23.4. The van der Waals surface area contributed by atoms with Crippen molar-refractivity contribution >= 4 is 29.2 Å². The summed E-state index contributed by atoms with van der Waals surface area (Å²) in [6, 6.07) is 15.6. The Bertz CT molecular complexity index is 1050. The maximum atomic E-state index is 13.4. The van der Waals surface area contributed by atoms with E-state index in [1.54, 1.807) is 5.01 Å². The quantitative estimate of drug-likeness (QED) is 0.582. The average molecular weight is 468 g/mol. The summed E-state index contributed by atoms with van der Waals surface area (Å²) in [5, 5.41) is 7.04. The van der Waals surface area contributed by atoms with E-state index in [4.69, 9.17) is 21.4 Å². The SMILES string of the molecule is CCOC(=O)C1CCN(CC(=O)N2N=C(c3ccccc3Cl)CC2c2ccccc2C)CC1. The lowest BCUT2D eigenvalue weighted by atomic mass is 9.95. The van der Waals surface area contributed by atoms with Gasteiger partial charge in [0.2, 0.25) is 0 Å². The lowest BCUT2D eigenvalue weighted by Crippen LogP contribution is -2.43. The summed E-state index contributed by atoms with van der Waals surface area (Å²) in [5.74, 6) is -0.246. The molecular formula is C26H30ClN3O3. The molecule has 1 amide bonds. The minimum atomic E-state index is -0.165. The molecule has 1 atom stereocenters. The first-order valence-corrected chi connectivity index (χ1v) is 11.9. The Kier molecular flexibility index (Phi) is 7.46. The number of hydrogen-bond acceptors (Lipinski definition) is 5. The van der Waals surface area contributed by atoms with Crippen LogP contribution in [0.15, 0.2) is 53.6 Å². The number of carbonyl (C=O) groups excluding carboxylic acids is 2. The Morgan fingerprint density at radius 2 is 1.79 bits per heavy atom. The first kappa shape index (κ1) is 23.5. The second kappa shape index (κ2) is 10.5. The summed E-state index contributed by atoms with van der Waals surface area (Å²) in [6.45, 7) is 5.95. The summed E-state index contributed by atoms with van der Waals surface area (Å²) in [4.78, 5) is 27.6. The number of hydrazone groups is 1. The first-order valence-electron chi connectivity index (χ1n) is 11.6. The van der Waals surface area contributed by atoms with E-state index in [1.807, 2.05) is 43.3 Å². The molecule has 1 unspecified atom stereocenters. The molecule has 2 aromatic rings. The summed E-state index contributed by atoms with van der Waals surface area (Å²) < 4.78 is 5.16. The standard InChI is InChI=1S/C26H30ClN3O3/c1-3-33-26(32)19-12-14-29(15-13-19)17-25(31)30-24(20-9-5-4-8-18(20)2)16-23(28-30)21-10-6-7-11-22(21)27/h4-11,19,24H,3,12-17H2,1-2H3. The van der Waals surface area contributed by atoms with Crippen LogP contribution in [0.25, 0.3) is 0 Å². The maximum absolute atomic E-state index is 13.4. The van der Waals surface area contributed by atoms with Gasteiger partial charge in [0.05, 0.1) is 30.8 Å². The molecule has 174 valence electrons. The third-order valence-corrected chi connectivity index (χ3v) is 6.79. The third-order valence-electron chi connectivity index (χ3n) is 6.46. The number of piperidine rings is 1. The van der Waals surface area contributed by atoms with E-state index in [2.05, 4.69) is 24.0 Å². The fourth-order valence-corrected chi connectivity index (χ4v) is 4.90. The van der Waals surface area contributed by atoms with E-state index in [9.17, 15) is 9.59 Å². The van der Waals surface area contributed by atoms with Crippen molar-refractivity contribution in [3.63, 3.8) is 0 Å². The summed E-state index contributed by atoms with van der Waals surface area (Å²) in [6.07, 6.45) is 2.04. The molecule has 0 N–H and O–H groups in total. The molecule has 4 rings (SSSR count). The van der Waals surface area contributed by atoms with Gasteiger partial charge in [0.1, 0.15) is 0 Å². The van der Waals surface area contributed by atoms with Crippen LogP contribution in [0.2, 0.25) is 5.02 Å². The molecule has 2 heterocycles. The third kappa shape index (κ3) is 5.28. The van der Waals surface area contributed by atoms with E-state index in [-0.39, 0.29) is 30.4 Å². The van der Waals surface area contributed by atoms with Gasteiger partial charge in [0, 0.05) is 17.0 Å². The molecule has 0 radical (unpaired) electrons. The van der Waals surface area contributed by atoms with Crippen molar-refractivity contribution in [1.82, 2.24) is 9.91 Å². The van der Waals surface area contributed by atoms with Crippen molar-refractivity contribution in [3.05, 3.63) is 70.2 Å². The lowest BCUT2D eigenvalue weighted by Gasteiger charge is -2.32. The molecule has 1 fully saturated rings. The van der Waals surface area contributed by atoms with Gasteiger partial charge in [-0.2, -0.15) is 5.10 Å². The molecule has 2 aliphatic rings. The van der Waals surface area contributed by atoms with Gasteiger partial charge in [-0.3, -0.25) is 14.5 Å². The fraction of sp³-hybridized carbons (Fsp3) is 0.423. The van der Waals surface area contributed by atoms with Gasteiger partial charge in [0.25, 0.3) is 5.91 Å². The molecule has 6 nitrogen and oxygen atoms in total. The Hall–Kier alpha value is -2.70. The van der Waals surface area contributed by atoms with Crippen molar-refractivity contribution in [1.29, 1.82) is 0 Å². The monoisotopic (exact) mass is 467 g/mol. The number of ether oxygens (including phenoxy) is 1. The molecule has 33 heavy (non-hydrogen) atoms. The largest absolute Gasteiger partial charge is 0.466 e. The summed E-state index contributed by atoms with van der Waals surface area (Å²) >= 11 is 6.44. The normalized spacial score (nSPS) is 19.4. The highest BCUT2D eigenvalue weighted by Crippen LogP contribution is 2.36. The number of likely N-dealkylation sites (tertiary alicyclic amines) is 1. The molecule has 0 aromatic heterocycles. The van der Waals surface area contributed by atoms with Gasteiger partial charge in [0.15, 0.2) is 0 Å². The van der Waals surface area contributed by atoms with Gasteiger partial charge >= 0.3 is 5.97 Å². The molecule has 0 spiro atoms. The Morgan fingerprint density at radius 3 is 2.48 bits per heavy atom. The minimum Gasteiger partial charge on any atom is -0.466 e. The van der Waals surface area contributed by atoms with E-state index in [0.717, 1.165) is 22.4 Å². The highest BCUT2D eigenvalue weighted by molar-refractivity contribution is 6.34. The van der Waals surface area contributed by atoms with E-state index >= 15 is 0 Å². The van der Waals surface area contributed by atoms with Crippen molar-refractivity contribution in [3.8, 4) is 0 Å². The van der Waals surface area contributed by atoms with Crippen molar-refractivity contribution < 1.29 is 14.3 Å². The molecule has 2 aliphatic heterocycles. The van der Waals surface area contributed by atoms with Crippen LogP contribution < -0.4 is 0 Å². The van der Waals surface area contributed by atoms with Gasteiger partial charge in [-0.1, -0.05) is 54.1 Å². The zero-order valence-corrected chi connectivity index (χ0v) is 19.9. The average Bonchev–Trinajstić information content (AvgIpc) is 3.25. The Morgan fingerprint density at radius 1 is 1.09 bits per heavy atom. The summed E-state index contributed by atoms with van der Waals surface area (Å²) in [5.41, 5.74) is 3.91. The molecular weight excluding hydrogens is 438 g/mol. The number of esters is 1. The van der Waals surface area contributed by atoms with E-state index in [0.29, 0.717) is 44.0 Å². The molecule has 7 heteroatoms. The van der Waals surface area contributed by atoms with Crippen LogP contribution >= 0.6 is 11.6 Å². The number of carbonyl (C=O) groups is 2. The van der Waals surface area contributed by atoms with Gasteiger partial charge < -0.3 is 4.74 Å². The van der Waals surface area contributed by atoms with Gasteiger partial charge in [-0.15, -0.1) is 0 Å². The van der Waals surface area contributed by atoms with Crippen molar-refractivity contribution in [2.24, 2.45) is 11.0 Å². The van der Waals surface area contributed by atoms with Gasteiger partial charge in [-0.25, -0.2) is 5.01 Å². The van der Waals surface area contributed by atoms with Gasteiger partial charge in [-0.05, 0) is 57.0 Å². The topological polar surface area (TPSA) is 62.2 Å². The van der Waals surface area contributed by atoms with Crippen LogP contribution in [0, 0.1) is 12.8 Å². The number of aryl methyl sites for hydroxylation is 1. The second-order valence-corrected chi connectivity index (χ2v) is 9.05. The van der Waals surface area contributed by atoms with E-state index in [1.165, 1.54) is 0 Å². The predicted molar refractivity (Wildman–Crippen MR) is 129 cm³/mol. The van der Waals surface area contributed by atoms with Crippen LogP contribution in [0.5, 0.6) is 0 Å². The number of rotatable bonds is 6. The number of halogens is 1. The number of nitrogens with zero attached hydrogens (tertiary/aromatic N) is 3. The predicted octanol–water partition coefficient (Wildman–Crippen LogP) is 4.60. The smallest absolute Gasteiger partial charge is 0.309 e. The number of hydrogen-bond donors (Lipinski definition) is 0. The molecule has 0 aliphatic carbocycles. The fourth-order valence-electron chi connectivity index (χ4n) is 4.65. The second-order valence-electron chi connectivity index (χ2n) is 8.64. The van der Waals surface area contributed by atoms with Crippen molar-refractivity contribution in [2.45, 2.75) is 39.2 Å². The Balaban J connectivity index is 1.51. The minimum absolute atomic E-state index is 0.0418. The highest BCUT2D eigenvalue weighted by Gasteiger charge is 2.35. The molecule has 0 bridgehead atoms. The summed E-state index contributed by atoms with van der Waals surface area (Å²) in [7, 11) is 0. The highest BCUT2D eigenvalue weighted by atomic mass is 35.5. The van der Waals surface area contributed by atoms with Crippen LogP contribution in [-0.2, 0) is 14.3 Å². The molecule has 1 saturated heterocycles. The Labute approximate surface area is 200 Å². The van der Waals surface area contributed by atoms with Crippen molar-refractivity contribution in [2.75, 3.05) is 26.2 Å². The van der Waals surface area contributed by atoms with Crippen LogP contribution in [-0.4, -0.2) is 53.7 Å². The maximum Gasteiger partial charge on any atom is 0.309 e. The zero-order valence-electron chi connectivity index (χ0n) is 19.2. The lowest BCUT2D eigenvalue weighted by molar-refractivity contribution is -0.149. The number of amides is 1. The van der Waals surface area contributed by atoms with E-state index < -0.39 is 0 Å². The van der Waals surface area contributed by atoms with Crippen LogP contribution in [0.4, 0.5) is 0 Å². The molecule has 2 aromatic carbocycles. The van der Waals surface area contributed by atoms with Crippen LogP contribution in [0.1, 0.15) is 48.9 Å². The number of benzene rings is 2.